The van der Waals surface area contributed by atoms with Gasteiger partial charge >= 0.3 is 5.97 Å². The largest absolute Gasteiger partial charge is 0.480 e. The van der Waals surface area contributed by atoms with Crippen molar-refractivity contribution in [3.8, 4) is 0 Å². The maximum absolute atomic E-state index is 12.0. The molecule has 0 saturated carbocycles. The molecule has 0 bridgehead atoms. The van der Waals surface area contributed by atoms with Crippen LogP contribution in [0.1, 0.15) is 12.0 Å². The summed E-state index contributed by atoms with van der Waals surface area (Å²) in [5, 5.41) is 13.4. The van der Waals surface area contributed by atoms with Gasteiger partial charge in [0.25, 0.3) is 0 Å². The van der Waals surface area contributed by atoms with Crippen LogP contribution < -0.4 is 5.14 Å². The van der Waals surface area contributed by atoms with E-state index in [0.717, 1.165) is 14.9 Å². The molecule has 1 fully saturated rings. The molecule has 2 atom stereocenters. The molecule has 0 aromatic heterocycles. The number of aliphatic carboxylic acids is 1. The van der Waals surface area contributed by atoms with Crippen molar-refractivity contribution >= 4 is 37.8 Å². The van der Waals surface area contributed by atoms with Gasteiger partial charge in [0, 0.05) is 23.9 Å². The number of likely N-dealkylation sites (tertiary alicyclic amines) is 1. The fraction of sp³-hybridized carbons (Fsp3) is 0.385. The fourth-order valence-corrected chi connectivity index (χ4v) is 3.61. The molecule has 7 nitrogen and oxygen atoms in total. The number of benzene rings is 1. The summed E-state index contributed by atoms with van der Waals surface area (Å²) in [6.45, 7) is -0.195. The molecule has 22 heavy (non-hydrogen) atoms. The fourth-order valence-electron chi connectivity index (χ4n) is 2.42. The van der Waals surface area contributed by atoms with Gasteiger partial charge in [-0.3, -0.25) is 4.79 Å². The first-order valence-corrected chi connectivity index (χ1v) is 8.87. The monoisotopic (exact) mass is 390 g/mol. The number of hydrogen-bond donors (Lipinski definition) is 2. The highest BCUT2D eigenvalue weighted by Gasteiger charge is 2.42. The van der Waals surface area contributed by atoms with Gasteiger partial charge in [-0.1, -0.05) is 34.1 Å². The lowest BCUT2D eigenvalue weighted by atomic mass is 10.1. The quantitative estimate of drug-likeness (QED) is 0.750. The topological polar surface area (TPSA) is 118 Å². The molecule has 9 heteroatoms. The summed E-state index contributed by atoms with van der Waals surface area (Å²) in [5.74, 6) is -1.70. The summed E-state index contributed by atoms with van der Waals surface area (Å²) < 4.78 is 23.5. The predicted octanol–water partition coefficient (Wildman–Crippen LogP) is 0.334. The molecular weight excluding hydrogens is 376 g/mol. The molecule has 1 aromatic carbocycles. The number of carboxylic acid groups (broad SMARTS) is 1. The van der Waals surface area contributed by atoms with Gasteiger partial charge in [-0.05, 0) is 11.6 Å². The Bertz CT molecular complexity index is 706. The Hall–Kier alpha value is -1.45. The lowest BCUT2D eigenvalue weighted by molar-refractivity contribution is -0.148. The third-order valence-corrected chi connectivity index (χ3v) is 5.64. The highest BCUT2D eigenvalue weighted by Crippen LogP contribution is 2.24. The Morgan fingerprint density at radius 2 is 2.09 bits per heavy atom. The molecule has 1 saturated heterocycles. The van der Waals surface area contributed by atoms with Crippen molar-refractivity contribution in [3.05, 3.63) is 34.3 Å². The molecule has 3 N–H and O–H groups in total. The summed E-state index contributed by atoms with van der Waals surface area (Å²) in [7, 11) is -3.87. The normalized spacial score (nSPS) is 20.2. The minimum atomic E-state index is -3.87. The van der Waals surface area contributed by atoms with Crippen molar-refractivity contribution in [3.63, 3.8) is 0 Å². The smallest absolute Gasteiger partial charge is 0.326 e. The minimum absolute atomic E-state index is 0.0832. The molecule has 1 aromatic rings. The number of carbonyl (C=O) groups excluding carboxylic acids is 1. The number of nitrogens with zero attached hydrogens (tertiary/aromatic N) is 1. The zero-order valence-corrected chi connectivity index (χ0v) is 13.9. The molecule has 1 heterocycles. The number of halogens is 1. The van der Waals surface area contributed by atoms with Gasteiger partial charge in [-0.15, -0.1) is 0 Å². The molecule has 1 aliphatic rings. The molecule has 1 amide bonds. The van der Waals surface area contributed by atoms with Crippen LogP contribution in [0, 0.1) is 0 Å². The number of hydrogen-bond acceptors (Lipinski definition) is 4. The van der Waals surface area contributed by atoms with Crippen LogP contribution in [0.5, 0.6) is 0 Å². The number of sulfonamides is 1. The van der Waals surface area contributed by atoms with Gasteiger partial charge in [0.2, 0.25) is 15.9 Å². The van der Waals surface area contributed by atoms with Gasteiger partial charge in [-0.25, -0.2) is 18.4 Å². The molecule has 2 rings (SSSR count). The minimum Gasteiger partial charge on any atom is -0.480 e. The lowest BCUT2D eigenvalue weighted by Gasteiger charge is -2.25. The first kappa shape index (κ1) is 16.9. The summed E-state index contributed by atoms with van der Waals surface area (Å²) in [4.78, 5) is 24.6. The van der Waals surface area contributed by atoms with Crippen LogP contribution in [0.15, 0.2) is 28.7 Å². The highest BCUT2D eigenvalue weighted by atomic mass is 79.9. The molecule has 1 unspecified atom stereocenters. The van der Waals surface area contributed by atoms with Crippen LogP contribution >= 0.6 is 15.9 Å². The number of primary sulfonamides is 1. The number of amides is 1. The van der Waals surface area contributed by atoms with E-state index in [1.807, 2.05) is 0 Å². The lowest BCUT2D eigenvalue weighted by Crippen LogP contribution is -2.44. The number of rotatable bonds is 5. The average molecular weight is 391 g/mol. The first-order chi connectivity index (χ1) is 10.2. The van der Waals surface area contributed by atoms with Gasteiger partial charge in [0.1, 0.15) is 11.3 Å². The number of carbonyl (C=O) groups is 2. The van der Waals surface area contributed by atoms with Gasteiger partial charge in [-0.2, -0.15) is 0 Å². The second-order valence-electron chi connectivity index (χ2n) is 5.11. The molecular formula is C13H15BrN2O5S. The summed E-state index contributed by atoms with van der Waals surface area (Å²) >= 11 is 3.33. The Labute approximate surface area is 136 Å². The van der Waals surface area contributed by atoms with E-state index in [1.165, 1.54) is 0 Å². The van der Waals surface area contributed by atoms with E-state index in [0.29, 0.717) is 0 Å². The van der Waals surface area contributed by atoms with E-state index in [4.69, 9.17) is 5.14 Å². The average Bonchev–Trinajstić information content (AvgIpc) is 2.79. The SMILES string of the molecule is NS(=O)(=O)C1CC(=O)N([C@@H](Cc2ccccc2Br)C(=O)O)C1. The van der Waals surface area contributed by atoms with Crippen LogP contribution in [0.25, 0.3) is 0 Å². The van der Waals surface area contributed by atoms with Crippen molar-refractivity contribution in [1.29, 1.82) is 0 Å². The Kier molecular flexibility index (Phi) is 4.88. The first-order valence-electron chi connectivity index (χ1n) is 6.47. The Morgan fingerprint density at radius 1 is 1.45 bits per heavy atom. The molecule has 120 valence electrons. The van der Waals surface area contributed by atoms with E-state index in [2.05, 4.69) is 15.9 Å². The highest BCUT2D eigenvalue weighted by molar-refractivity contribution is 9.10. The van der Waals surface area contributed by atoms with Gasteiger partial charge in [0.15, 0.2) is 0 Å². The zero-order chi connectivity index (χ0) is 16.5. The van der Waals surface area contributed by atoms with E-state index in [9.17, 15) is 23.1 Å². The zero-order valence-electron chi connectivity index (χ0n) is 11.5. The van der Waals surface area contributed by atoms with Crippen LogP contribution in [-0.2, 0) is 26.0 Å². The van der Waals surface area contributed by atoms with E-state index in [1.54, 1.807) is 24.3 Å². The number of nitrogens with two attached hydrogens (primary N) is 1. The summed E-state index contributed by atoms with van der Waals surface area (Å²) in [6, 6.07) is 5.95. The van der Waals surface area contributed by atoms with Crippen LogP contribution in [0.3, 0.4) is 0 Å². The Morgan fingerprint density at radius 3 is 2.59 bits per heavy atom. The summed E-state index contributed by atoms with van der Waals surface area (Å²) in [5.41, 5.74) is 0.724. The molecule has 1 aliphatic heterocycles. The molecule has 0 radical (unpaired) electrons. The standard InChI is InChI=1S/C13H15BrN2O5S/c14-10-4-2-1-3-8(10)5-11(13(18)19)16-7-9(6-12(16)17)22(15,20)21/h1-4,9,11H,5-7H2,(H,18,19)(H2,15,20,21)/t9?,11-/m0/s1. The third-order valence-electron chi connectivity index (χ3n) is 3.62. The van der Waals surface area contributed by atoms with Crippen molar-refractivity contribution in [2.24, 2.45) is 5.14 Å². The van der Waals surface area contributed by atoms with Crippen molar-refractivity contribution < 1.29 is 23.1 Å². The van der Waals surface area contributed by atoms with Gasteiger partial charge < -0.3 is 10.0 Å². The third kappa shape index (κ3) is 3.65. The molecule has 0 aliphatic carbocycles. The second kappa shape index (κ2) is 6.35. The predicted molar refractivity (Wildman–Crippen MR) is 82.5 cm³/mol. The van der Waals surface area contributed by atoms with Crippen LogP contribution in [0.2, 0.25) is 0 Å². The number of carboxylic acids is 1. The summed E-state index contributed by atoms with van der Waals surface area (Å²) in [6.07, 6.45) is -0.196. The second-order valence-corrected chi connectivity index (χ2v) is 7.81. The van der Waals surface area contributed by atoms with E-state index in [-0.39, 0.29) is 19.4 Å². The molecule has 0 spiro atoms. The van der Waals surface area contributed by atoms with Gasteiger partial charge in [0.05, 0.1) is 0 Å². The van der Waals surface area contributed by atoms with Crippen molar-refractivity contribution in [2.45, 2.75) is 24.1 Å². The van der Waals surface area contributed by atoms with Crippen LogP contribution in [-0.4, -0.2) is 48.1 Å². The van der Waals surface area contributed by atoms with Crippen LogP contribution in [0.4, 0.5) is 0 Å². The Balaban J connectivity index is 2.24. The maximum atomic E-state index is 12.0. The van der Waals surface area contributed by atoms with E-state index < -0.39 is 33.2 Å². The van der Waals surface area contributed by atoms with Crippen molar-refractivity contribution in [1.82, 2.24) is 4.90 Å². The van der Waals surface area contributed by atoms with E-state index >= 15 is 0 Å². The van der Waals surface area contributed by atoms with Crippen molar-refractivity contribution in [2.75, 3.05) is 6.54 Å². The maximum Gasteiger partial charge on any atom is 0.326 e.